The van der Waals surface area contributed by atoms with Crippen molar-refractivity contribution in [2.45, 2.75) is 46.8 Å². The van der Waals surface area contributed by atoms with E-state index < -0.39 is 17.7 Å². The standard InChI is InChI=1S/C23H26O6/c1-15-11-18(12-16(2)20(15)28-22(26)29-23(3,4)5)13-19(21(24)25)27-14-17-9-7-6-8-10-17/h6-13H,14H2,1-5H3,(H,24,25)/p-1/b19-13-. The lowest BCUT2D eigenvalue weighted by Gasteiger charge is -2.20. The molecule has 0 aromatic heterocycles. The van der Waals surface area contributed by atoms with Crippen LogP contribution in [0.25, 0.3) is 6.08 Å². The van der Waals surface area contributed by atoms with Crippen molar-refractivity contribution in [2.75, 3.05) is 0 Å². The summed E-state index contributed by atoms with van der Waals surface area (Å²) < 4.78 is 15.9. The molecule has 2 aromatic carbocycles. The molecule has 2 aromatic rings. The second-order valence-electron chi connectivity index (χ2n) is 7.62. The molecular formula is C23H25O6-. The van der Waals surface area contributed by atoms with Gasteiger partial charge in [-0.15, -0.1) is 0 Å². The second-order valence-corrected chi connectivity index (χ2v) is 7.62. The highest BCUT2D eigenvalue weighted by Crippen LogP contribution is 2.27. The molecule has 0 saturated heterocycles. The quantitative estimate of drug-likeness (QED) is 0.318. The summed E-state index contributed by atoms with van der Waals surface area (Å²) in [4.78, 5) is 23.4. The molecule has 6 heteroatoms. The topological polar surface area (TPSA) is 84.9 Å². The Morgan fingerprint density at radius 2 is 1.62 bits per heavy atom. The van der Waals surface area contributed by atoms with Crippen LogP contribution in [-0.4, -0.2) is 17.7 Å². The Hall–Kier alpha value is -3.28. The summed E-state index contributed by atoms with van der Waals surface area (Å²) in [6.45, 7) is 8.87. The van der Waals surface area contributed by atoms with Crippen LogP contribution < -0.4 is 9.84 Å². The normalized spacial score (nSPS) is 11.7. The number of carboxylic acids is 1. The Morgan fingerprint density at radius 3 is 2.14 bits per heavy atom. The molecule has 0 heterocycles. The lowest BCUT2D eigenvalue weighted by molar-refractivity contribution is -0.303. The number of hydrogen-bond donors (Lipinski definition) is 0. The maximum Gasteiger partial charge on any atom is 0.514 e. The van der Waals surface area contributed by atoms with E-state index in [1.165, 1.54) is 6.08 Å². The van der Waals surface area contributed by atoms with Gasteiger partial charge >= 0.3 is 6.16 Å². The third kappa shape index (κ3) is 6.99. The molecule has 0 fully saturated rings. The van der Waals surface area contributed by atoms with Gasteiger partial charge in [-0.25, -0.2) is 4.79 Å². The van der Waals surface area contributed by atoms with E-state index in [9.17, 15) is 14.7 Å². The minimum absolute atomic E-state index is 0.110. The predicted octanol–water partition coefficient (Wildman–Crippen LogP) is 3.92. The van der Waals surface area contributed by atoms with Crippen LogP contribution in [0.2, 0.25) is 0 Å². The van der Waals surface area contributed by atoms with Crippen molar-refractivity contribution in [2.24, 2.45) is 0 Å². The van der Waals surface area contributed by atoms with E-state index in [0.717, 1.165) is 5.56 Å². The first-order valence-corrected chi connectivity index (χ1v) is 9.17. The molecule has 0 bridgehead atoms. The molecule has 0 N–H and O–H groups in total. The summed E-state index contributed by atoms with van der Waals surface area (Å²) in [7, 11) is 0. The van der Waals surface area contributed by atoms with Crippen molar-refractivity contribution in [3.8, 4) is 5.75 Å². The first-order chi connectivity index (χ1) is 13.5. The van der Waals surface area contributed by atoms with Crippen molar-refractivity contribution in [3.05, 3.63) is 70.5 Å². The molecule has 0 unspecified atom stereocenters. The van der Waals surface area contributed by atoms with Gasteiger partial charge in [-0.05, 0) is 75.1 Å². The molecule has 6 nitrogen and oxygen atoms in total. The molecule has 0 spiro atoms. The Balaban J connectivity index is 2.20. The van der Waals surface area contributed by atoms with Gasteiger partial charge in [-0.3, -0.25) is 0 Å². The first kappa shape index (κ1) is 22.0. The molecule has 2 rings (SSSR count). The van der Waals surface area contributed by atoms with Gasteiger partial charge in [0.05, 0.1) is 0 Å². The third-order valence-corrected chi connectivity index (χ3v) is 3.79. The number of hydrogen-bond acceptors (Lipinski definition) is 6. The van der Waals surface area contributed by atoms with Crippen LogP contribution in [0.5, 0.6) is 5.75 Å². The maximum atomic E-state index is 11.9. The molecule has 0 saturated carbocycles. The van der Waals surface area contributed by atoms with Crippen molar-refractivity contribution < 1.29 is 28.9 Å². The van der Waals surface area contributed by atoms with Gasteiger partial charge in [-0.1, -0.05) is 30.3 Å². The highest BCUT2D eigenvalue weighted by atomic mass is 16.7. The molecule has 0 aliphatic carbocycles. The minimum atomic E-state index is -1.41. The maximum absolute atomic E-state index is 11.9. The van der Waals surface area contributed by atoms with Crippen LogP contribution in [0.15, 0.2) is 48.2 Å². The second kappa shape index (κ2) is 9.28. The number of carbonyl (C=O) groups excluding carboxylic acids is 2. The van der Waals surface area contributed by atoms with Gasteiger partial charge in [0.25, 0.3) is 0 Å². The van der Waals surface area contributed by atoms with Crippen molar-refractivity contribution in [1.29, 1.82) is 0 Å². The summed E-state index contributed by atoms with van der Waals surface area (Å²) in [6, 6.07) is 12.6. The van der Waals surface area contributed by atoms with E-state index in [0.29, 0.717) is 22.4 Å². The van der Waals surface area contributed by atoms with Crippen molar-refractivity contribution in [3.63, 3.8) is 0 Å². The van der Waals surface area contributed by atoms with E-state index in [1.54, 1.807) is 46.8 Å². The monoisotopic (exact) mass is 397 g/mol. The number of carbonyl (C=O) groups is 2. The fourth-order valence-electron chi connectivity index (χ4n) is 2.63. The van der Waals surface area contributed by atoms with E-state index in [4.69, 9.17) is 14.2 Å². The van der Waals surface area contributed by atoms with Gasteiger partial charge < -0.3 is 24.1 Å². The first-order valence-electron chi connectivity index (χ1n) is 9.17. The van der Waals surface area contributed by atoms with Gasteiger partial charge in [0.1, 0.15) is 29.7 Å². The SMILES string of the molecule is Cc1cc(/C=C(\OCc2ccccc2)C(=O)[O-])cc(C)c1OC(=O)OC(C)(C)C. The number of benzene rings is 2. The number of carboxylic acid groups (broad SMARTS) is 1. The zero-order valence-corrected chi connectivity index (χ0v) is 17.3. The number of rotatable bonds is 6. The lowest BCUT2D eigenvalue weighted by Crippen LogP contribution is -2.26. The number of aliphatic carboxylic acids is 1. The predicted molar refractivity (Wildman–Crippen MR) is 107 cm³/mol. The number of ether oxygens (including phenoxy) is 3. The van der Waals surface area contributed by atoms with Crippen molar-refractivity contribution >= 4 is 18.2 Å². The summed E-state index contributed by atoms with van der Waals surface area (Å²) >= 11 is 0. The third-order valence-electron chi connectivity index (χ3n) is 3.79. The van der Waals surface area contributed by atoms with Gasteiger partial charge in [0, 0.05) is 0 Å². The molecular weight excluding hydrogens is 372 g/mol. The van der Waals surface area contributed by atoms with Crippen LogP contribution >= 0.6 is 0 Å². The van der Waals surface area contributed by atoms with E-state index in [2.05, 4.69) is 0 Å². The summed E-state index contributed by atoms with van der Waals surface area (Å²) in [5.74, 6) is -1.32. The lowest BCUT2D eigenvalue weighted by atomic mass is 10.0. The number of aryl methyl sites for hydroxylation is 2. The van der Waals surface area contributed by atoms with Crippen LogP contribution in [-0.2, 0) is 20.9 Å². The fraction of sp³-hybridized carbons (Fsp3) is 0.304. The van der Waals surface area contributed by atoms with Gasteiger partial charge in [0.2, 0.25) is 0 Å². The zero-order valence-electron chi connectivity index (χ0n) is 17.3. The Morgan fingerprint density at radius 1 is 1.03 bits per heavy atom. The largest absolute Gasteiger partial charge is 0.542 e. The minimum Gasteiger partial charge on any atom is -0.542 e. The van der Waals surface area contributed by atoms with Crippen LogP contribution in [0.1, 0.15) is 43.0 Å². The molecule has 0 atom stereocenters. The molecule has 0 aliphatic rings. The van der Waals surface area contributed by atoms with E-state index in [1.807, 2.05) is 30.3 Å². The summed E-state index contributed by atoms with van der Waals surface area (Å²) in [6.07, 6.45) is 0.587. The zero-order chi connectivity index (χ0) is 21.6. The molecule has 0 amide bonds. The smallest absolute Gasteiger partial charge is 0.514 e. The Bertz CT molecular complexity index is 884. The van der Waals surface area contributed by atoms with Crippen LogP contribution in [0, 0.1) is 13.8 Å². The van der Waals surface area contributed by atoms with E-state index >= 15 is 0 Å². The van der Waals surface area contributed by atoms with Gasteiger partial charge in [-0.2, -0.15) is 0 Å². The van der Waals surface area contributed by atoms with Crippen LogP contribution in [0.3, 0.4) is 0 Å². The fourth-order valence-corrected chi connectivity index (χ4v) is 2.63. The van der Waals surface area contributed by atoms with Crippen LogP contribution in [0.4, 0.5) is 4.79 Å². The Labute approximate surface area is 170 Å². The highest BCUT2D eigenvalue weighted by molar-refractivity contribution is 5.88. The molecule has 0 aliphatic heterocycles. The average molecular weight is 397 g/mol. The molecule has 154 valence electrons. The van der Waals surface area contributed by atoms with Crippen molar-refractivity contribution in [1.82, 2.24) is 0 Å². The van der Waals surface area contributed by atoms with Gasteiger partial charge in [0.15, 0.2) is 0 Å². The highest BCUT2D eigenvalue weighted by Gasteiger charge is 2.20. The molecule has 29 heavy (non-hydrogen) atoms. The summed E-state index contributed by atoms with van der Waals surface area (Å²) in [5, 5.41) is 11.4. The Kier molecular flexibility index (Phi) is 7.04. The molecule has 0 radical (unpaired) electrons. The average Bonchev–Trinajstić information content (AvgIpc) is 2.61. The summed E-state index contributed by atoms with van der Waals surface area (Å²) in [5.41, 5.74) is 2.07. The van der Waals surface area contributed by atoms with E-state index in [-0.39, 0.29) is 12.4 Å².